The van der Waals surface area contributed by atoms with Gasteiger partial charge in [0.15, 0.2) is 0 Å². The molecule has 0 saturated heterocycles. The molecule has 0 aromatic heterocycles. The highest BCUT2D eigenvalue weighted by Gasteiger charge is 2.27. The van der Waals surface area contributed by atoms with Gasteiger partial charge < -0.3 is 10.6 Å². The van der Waals surface area contributed by atoms with Crippen LogP contribution < -0.4 is 26.5 Å². The molecule has 222 valence electrons. The maximum Gasteiger partial charge on any atom is 0.245 e. The second-order valence-electron chi connectivity index (χ2n) is 10.9. The van der Waals surface area contributed by atoms with Crippen molar-refractivity contribution in [3.8, 4) is 0 Å². The Morgan fingerprint density at radius 2 is 1.33 bits per heavy atom. The lowest BCUT2D eigenvalue weighted by molar-refractivity contribution is -0.130. The fourth-order valence-electron chi connectivity index (χ4n) is 4.91. The van der Waals surface area contributed by atoms with Gasteiger partial charge in [0.05, 0.1) is 0 Å². The Kier molecular flexibility index (Phi) is 12.2. The maximum absolute atomic E-state index is 13.7. The van der Waals surface area contributed by atoms with Crippen LogP contribution in [0.5, 0.6) is 0 Å². The highest BCUT2D eigenvalue weighted by molar-refractivity contribution is 7.80. The predicted molar refractivity (Wildman–Crippen MR) is 181 cm³/mol. The Hall–Kier alpha value is -4.08. The van der Waals surface area contributed by atoms with Gasteiger partial charge in [0, 0.05) is 24.7 Å². The number of aliphatic imine (C=N–C) groups is 1. The van der Waals surface area contributed by atoms with Crippen molar-refractivity contribution in [1.29, 1.82) is 0 Å². The van der Waals surface area contributed by atoms with Gasteiger partial charge >= 0.3 is 0 Å². The van der Waals surface area contributed by atoms with Gasteiger partial charge in [-0.05, 0) is 41.7 Å². The second kappa shape index (κ2) is 16.5. The van der Waals surface area contributed by atoms with Gasteiger partial charge in [-0.2, -0.15) is 0 Å². The van der Waals surface area contributed by atoms with Crippen LogP contribution in [0.15, 0.2) is 120 Å². The van der Waals surface area contributed by atoms with Crippen LogP contribution in [0.25, 0.3) is 0 Å². The lowest BCUT2D eigenvalue weighted by atomic mass is 10.0. The number of amides is 2. The molecule has 0 fully saturated rings. The van der Waals surface area contributed by atoms with E-state index in [4.69, 9.17) is 4.99 Å². The number of benzene rings is 4. The number of carbonyl (C=O) groups is 2. The van der Waals surface area contributed by atoms with Crippen molar-refractivity contribution in [2.75, 3.05) is 6.54 Å². The molecule has 2 atom stereocenters. The molecule has 5 nitrogen and oxygen atoms in total. The van der Waals surface area contributed by atoms with E-state index in [2.05, 4.69) is 84.3 Å². The van der Waals surface area contributed by atoms with Crippen molar-refractivity contribution in [3.05, 3.63) is 126 Å². The van der Waals surface area contributed by atoms with E-state index in [1.54, 1.807) is 0 Å². The van der Waals surface area contributed by atoms with Gasteiger partial charge in [0.25, 0.3) is 0 Å². The molecular weight excluding hydrogens is 549 g/mol. The number of nitrogens with zero attached hydrogens (tertiary/aromatic N) is 1. The summed E-state index contributed by atoms with van der Waals surface area (Å²) >= 11 is 0. The smallest absolute Gasteiger partial charge is 0.245 e. The van der Waals surface area contributed by atoms with Gasteiger partial charge in [-0.15, -0.1) is 0 Å². The van der Waals surface area contributed by atoms with Gasteiger partial charge in [-0.25, -0.2) is 0 Å². The van der Waals surface area contributed by atoms with Crippen LogP contribution in [0.1, 0.15) is 44.7 Å². The summed E-state index contributed by atoms with van der Waals surface area (Å²) in [5.41, 5.74) is 1.98. The molecule has 0 aliphatic rings. The van der Waals surface area contributed by atoms with Crippen molar-refractivity contribution >= 4 is 41.9 Å². The zero-order valence-corrected chi connectivity index (χ0v) is 26.2. The molecule has 2 N–H and O–H groups in total. The molecule has 4 aromatic carbocycles. The zero-order chi connectivity index (χ0) is 30.4. The van der Waals surface area contributed by atoms with Gasteiger partial charge in [-0.1, -0.05) is 142 Å². The molecule has 2 amide bonds. The average Bonchev–Trinajstić information content (AvgIpc) is 3.03. The molecular formula is C37H42N3O2P. The minimum atomic E-state index is -0.832. The number of hydrogen-bond donors (Lipinski definition) is 2. The Balaban J connectivity index is 1.61. The normalized spacial score (nSPS) is 12.8. The van der Waals surface area contributed by atoms with E-state index in [0.717, 1.165) is 24.0 Å². The largest absolute Gasteiger partial charge is 0.354 e. The highest BCUT2D eigenvalue weighted by atomic mass is 31.1. The van der Waals surface area contributed by atoms with E-state index < -0.39 is 20.0 Å². The third-order valence-corrected chi connectivity index (χ3v) is 9.74. The summed E-state index contributed by atoms with van der Waals surface area (Å²) < 4.78 is 0. The van der Waals surface area contributed by atoms with Gasteiger partial charge in [0.1, 0.15) is 12.1 Å². The molecule has 4 rings (SSSR count). The van der Waals surface area contributed by atoms with Crippen LogP contribution >= 0.6 is 7.92 Å². The summed E-state index contributed by atoms with van der Waals surface area (Å²) in [4.78, 5) is 31.7. The first-order valence-corrected chi connectivity index (χ1v) is 16.5. The van der Waals surface area contributed by atoms with E-state index in [1.165, 1.54) is 15.9 Å². The summed E-state index contributed by atoms with van der Waals surface area (Å²) in [6.45, 7) is 6.65. The first-order valence-electron chi connectivity index (χ1n) is 15.1. The fraction of sp³-hybridized carbons (Fsp3) is 0.270. The summed E-state index contributed by atoms with van der Waals surface area (Å²) in [5, 5.41) is 9.72. The lowest BCUT2D eigenvalue weighted by Crippen LogP contribution is -2.51. The third kappa shape index (κ3) is 9.20. The van der Waals surface area contributed by atoms with Gasteiger partial charge in [-0.3, -0.25) is 14.6 Å². The SMILES string of the molecule is CCCCNC(=O)[C@H](Cc1ccccc1)NC(=O)[C@@H](/N=C/c1ccccc1P(c1ccccc1)c1ccccc1)C(C)C. The predicted octanol–water partition coefficient (Wildman–Crippen LogP) is 5.53. The molecule has 0 saturated carbocycles. The Morgan fingerprint density at radius 3 is 1.91 bits per heavy atom. The minimum Gasteiger partial charge on any atom is -0.354 e. The molecule has 0 aliphatic heterocycles. The Morgan fingerprint density at radius 1 is 0.767 bits per heavy atom. The van der Waals surface area contributed by atoms with Crippen LogP contribution in [0.3, 0.4) is 0 Å². The number of unbranched alkanes of at least 4 members (excludes halogenated alkanes) is 1. The molecule has 0 radical (unpaired) electrons. The zero-order valence-electron chi connectivity index (χ0n) is 25.3. The standard InChI is InChI=1S/C37H42N3O2P/c1-4-5-25-38-36(41)33(26-29-17-9-6-10-18-29)40-37(42)35(28(2)3)39-27-30-19-15-16-24-34(30)43(31-20-11-7-12-21-31)32-22-13-8-14-23-32/h6-24,27-28,33,35H,4-5,25-26H2,1-3H3,(H,38,41)(H,40,42)/b39-27+/t33-,35-/m0/s1. The summed E-state index contributed by atoms with van der Waals surface area (Å²) in [6.07, 6.45) is 4.14. The number of nitrogens with one attached hydrogen (secondary N) is 2. The van der Waals surface area contributed by atoms with Crippen LogP contribution in [0.4, 0.5) is 0 Å². The maximum atomic E-state index is 13.7. The molecule has 0 bridgehead atoms. The van der Waals surface area contributed by atoms with E-state index >= 15 is 0 Å². The number of hydrogen-bond acceptors (Lipinski definition) is 3. The number of rotatable bonds is 14. The number of carbonyl (C=O) groups excluding carboxylic acids is 2. The fourth-order valence-corrected chi connectivity index (χ4v) is 7.33. The van der Waals surface area contributed by atoms with Crippen LogP contribution in [0, 0.1) is 5.92 Å². The van der Waals surface area contributed by atoms with Crippen molar-refractivity contribution in [3.63, 3.8) is 0 Å². The monoisotopic (exact) mass is 591 g/mol. The summed E-state index contributed by atoms with van der Waals surface area (Å²) in [6, 6.07) is 37.9. The van der Waals surface area contributed by atoms with Crippen molar-refractivity contribution in [2.24, 2.45) is 10.9 Å². The molecule has 0 unspecified atom stereocenters. The molecule has 4 aromatic rings. The van der Waals surface area contributed by atoms with E-state index in [0.29, 0.717) is 13.0 Å². The van der Waals surface area contributed by atoms with E-state index in [9.17, 15) is 9.59 Å². The first-order chi connectivity index (χ1) is 21.0. The van der Waals surface area contributed by atoms with Crippen LogP contribution in [0.2, 0.25) is 0 Å². The first kappa shape index (κ1) is 31.8. The molecule has 0 heterocycles. The van der Waals surface area contributed by atoms with Crippen LogP contribution in [-0.2, 0) is 16.0 Å². The molecule has 0 spiro atoms. The third-order valence-electron chi connectivity index (χ3n) is 7.23. The van der Waals surface area contributed by atoms with Crippen molar-refractivity contribution in [1.82, 2.24) is 10.6 Å². The molecule has 43 heavy (non-hydrogen) atoms. The average molecular weight is 592 g/mol. The van der Waals surface area contributed by atoms with Crippen molar-refractivity contribution < 1.29 is 9.59 Å². The molecule has 6 heteroatoms. The Labute approximate surface area is 257 Å². The second-order valence-corrected chi connectivity index (χ2v) is 13.1. The van der Waals surface area contributed by atoms with Gasteiger partial charge in [0.2, 0.25) is 11.8 Å². The van der Waals surface area contributed by atoms with E-state index in [1.807, 2.05) is 68.6 Å². The Bertz CT molecular complexity index is 1420. The van der Waals surface area contributed by atoms with Crippen LogP contribution in [-0.4, -0.2) is 36.7 Å². The summed E-state index contributed by atoms with van der Waals surface area (Å²) in [7, 11) is -0.832. The van der Waals surface area contributed by atoms with Crippen molar-refractivity contribution in [2.45, 2.75) is 52.1 Å². The minimum absolute atomic E-state index is 0.0614. The lowest BCUT2D eigenvalue weighted by Gasteiger charge is -2.23. The summed E-state index contributed by atoms with van der Waals surface area (Å²) in [5.74, 6) is -0.476. The topological polar surface area (TPSA) is 70.6 Å². The van der Waals surface area contributed by atoms with E-state index in [-0.39, 0.29) is 17.7 Å². The highest BCUT2D eigenvalue weighted by Crippen LogP contribution is 2.33. The quantitative estimate of drug-likeness (QED) is 0.115. The molecule has 0 aliphatic carbocycles.